The zero-order valence-electron chi connectivity index (χ0n) is 75.4. The molecule has 0 aliphatic carbocycles. The largest absolute Gasteiger partial charge is 0.497 e. The minimum absolute atomic E-state index is 0.0161. The summed E-state index contributed by atoms with van der Waals surface area (Å²) in [6, 6.07) is 27.6. The minimum Gasteiger partial charge on any atom is -0.497 e. The summed E-state index contributed by atoms with van der Waals surface area (Å²) in [7, 11) is -0.420. The molecule has 0 N–H and O–H groups in total. The van der Waals surface area contributed by atoms with E-state index in [-0.39, 0.29) is 89.4 Å². The van der Waals surface area contributed by atoms with E-state index in [0.29, 0.717) is 97.3 Å². The number of aromatic nitrogens is 2. The van der Waals surface area contributed by atoms with Gasteiger partial charge in [0.2, 0.25) is 14.2 Å². The third-order valence-electron chi connectivity index (χ3n) is 25.0. The summed E-state index contributed by atoms with van der Waals surface area (Å²) >= 11 is 0. The summed E-state index contributed by atoms with van der Waals surface area (Å²) in [5.74, 6) is 4.48. The molecule has 9 rings (SSSR count). The van der Waals surface area contributed by atoms with Gasteiger partial charge in [0.15, 0.2) is 20.0 Å². The van der Waals surface area contributed by atoms with Gasteiger partial charge in [0, 0.05) is 83.5 Å². The number of oxazole rings is 2. The summed E-state index contributed by atoms with van der Waals surface area (Å²) in [6.45, 7) is 53.4. The van der Waals surface area contributed by atoms with E-state index in [1.807, 2.05) is 24.3 Å². The van der Waals surface area contributed by atoms with Gasteiger partial charge < -0.3 is 69.5 Å². The molecule has 0 spiro atoms. The van der Waals surface area contributed by atoms with Crippen molar-refractivity contribution < 1.29 is 69.5 Å². The second-order valence-electron chi connectivity index (χ2n) is 37.8. The molecule has 4 aliphatic heterocycles. The van der Waals surface area contributed by atoms with Crippen molar-refractivity contribution in [2.75, 3.05) is 42.2 Å². The third kappa shape index (κ3) is 24.2. The first-order valence-corrected chi connectivity index (χ1v) is 53.2. The van der Waals surface area contributed by atoms with Crippen LogP contribution in [0.2, 0.25) is 59.4 Å². The van der Waals surface area contributed by atoms with Crippen molar-refractivity contribution in [1.29, 1.82) is 0 Å². The number of allylic oxidation sites excluding steroid dienone is 2. The first kappa shape index (κ1) is 94.2. The molecule has 15 atom stereocenters. The van der Waals surface area contributed by atoms with E-state index in [4.69, 9.17) is 79.4 Å². The molecule has 4 saturated heterocycles. The fourth-order valence-electron chi connectivity index (χ4n) is 18.0. The summed E-state index contributed by atoms with van der Waals surface area (Å²) in [6.07, 6.45) is 20.2. The number of methoxy groups -OCH3 is 5. The van der Waals surface area contributed by atoms with Gasteiger partial charge in [0.1, 0.15) is 49.6 Å². The fourth-order valence-corrected chi connectivity index (χ4v) is 30.1. The average molecular weight is 1670 g/mol. The highest BCUT2D eigenvalue weighted by Gasteiger charge is 2.53. The zero-order chi connectivity index (χ0) is 84.7. The van der Waals surface area contributed by atoms with Gasteiger partial charge in [-0.25, -0.2) is 9.97 Å². The van der Waals surface area contributed by atoms with E-state index in [0.717, 1.165) is 48.1 Å². The number of rotatable bonds is 36. The number of ether oxygens (including phenoxy) is 10. The summed E-state index contributed by atoms with van der Waals surface area (Å²) < 4.78 is 101. The Bertz CT molecular complexity index is 4040. The molecule has 0 saturated carbocycles. The van der Waals surface area contributed by atoms with Crippen molar-refractivity contribution in [1.82, 2.24) is 9.97 Å². The van der Waals surface area contributed by atoms with Gasteiger partial charge in [0.05, 0.1) is 94.4 Å². The Labute approximate surface area is 701 Å². The maximum atomic E-state index is 7.72. The van der Waals surface area contributed by atoms with Crippen LogP contribution in [0.1, 0.15) is 210 Å². The van der Waals surface area contributed by atoms with Crippen molar-refractivity contribution in [2.24, 2.45) is 11.8 Å². The van der Waals surface area contributed by atoms with Gasteiger partial charge in [-0.2, -0.15) is 0 Å². The molecule has 5 aromatic rings. The van der Waals surface area contributed by atoms with Gasteiger partial charge in [-0.15, -0.1) is 11.5 Å². The SMILES string of the molecule is C=C1C[C@H](C[C@@H]2C[C@@H](O[Si](C)(C)C(C)(C)C)C[C@H](c3coc(/C=C/C[C@H]4O[C@@H](/C(C)=C/c5coc(C[C@]6(OC)C[C@H](OC)C[C@H]([C@@H](/C=C(C)/C=C/[C@@H](CC#C[Si](C)(C)C)OC)O[Si](C(C)C)(C(C)C)C(C)C)O6)n5)[C@H](C)[C@@H](OCc5ccc(OC)cc5OC)[C@H]4C)n3)O2)O[C@@H](CCO[Si](c2ccccc2)(c2ccccc2)C(C)(C)C)C1. The van der Waals surface area contributed by atoms with Crippen LogP contribution >= 0.6 is 0 Å². The average Bonchev–Trinajstić information content (AvgIpc) is 0.766. The molecule has 4 fully saturated rings. The van der Waals surface area contributed by atoms with Crippen LogP contribution in [0.5, 0.6) is 11.5 Å². The molecule has 21 heteroatoms. The summed E-state index contributed by atoms with van der Waals surface area (Å²) in [5.41, 5.74) is 10.0. The zero-order valence-corrected chi connectivity index (χ0v) is 79.4. The second-order valence-corrected chi connectivity index (χ2v) is 57.0. The fraction of sp³-hybridized carbons (Fsp3) is 0.621. The van der Waals surface area contributed by atoms with E-state index in [1.165, 1.54) is 15.9 Å². The number of benzene rings is 3. The van der Waals surface area contributed by atoms with Crippen molar-refractivity contribution >= 4 is 55.6 Å². The predicted molar refractivity (Wildman–Crippen MR) is 478 cm³/mol. The van der Waals surface area contributed by atoms with Crippen LogP contribution in [0.3, 0.4) is 0 Å². The molecule has 0 bridgehead atoms. The van der Waals surface area contributed by atoms with E-state index >= 15 is 0 Å². The first-order valence-electron chi connectivity index (χ1n) is 42.7. The lowest BCUT2D eigenvalue weighted by atomic mass is 9.79. The van der Waals surface area contributed by atoms with E-state index in [1.54, 1.807) is 48.1 Å². The summed E-state index contributed by atoms with van der Waals surface area (Å²) in [4.78, 5) is 10.3. The van der Waals surface area contributed by atoms with Gasteiger partial charge in [-0.05, 0) is 126 Å². The molecule has 116 heavy (non-hydrogen) atoms. The third-order valence-corrected chi connectivity index (χ3v) is 41.6. The van der Waals surface area contributed by atoms with Crippen molar-refractivity contribution in [3.05, 3.63) is 168 Å². The maximum Gasteiger partial charge on any atom is 0.261 e. The molecule has 4 aliphatic rings. The monoisotopic (exact) mass is 1660 g/mol. The molecule has 3 aromatic carbocycles. The highest BCUT2D eigenvalue weighted by molar-refractivity contribution is 6.99. The van der Waals surface area contributed by atoms with E-state index in [2.05, 4.69) is 253 Å². The lowest BCUT2D eigenvalue weighted by Gasteiger charge is -2.49. The molecule has 0 unspecified atom stereocenters. The Morgan fingerprint density at radius 1 is 0.741 bits per heavy atom. The van der Waals surface area contributed by atoms with E-state index < -0.39 is 51.0 Å². The Morgan fingerprint density at radius 3 is 2.02 bits per heavy atom. The Morgan fingerprint density at radius 2 is 1.41 bits per heavy atom. The second kappa shape index (κ2) is 41.3. The van der Waals surface area contributed by atoms with Crippen LogP contribution in [-0.4, -0.2) is 158 Å². The van der Waals surface area contributed by atoms with Gasteiger partial charge >= 0.3 is 0 Å². The normalized spacial score (nSPS) is 25.8. The summed E-state index contributed by atoms with van der Waals surface area (Å²) in [5, 5.41) is 2.43. The van der Waals surface area contributed by atoms with Gasteiger partial charge in [-0.1, -0.05) is 219 Å². The van der Waals surface area contributed by atoms with Gasteiger partial charge in [0.25, 0.3) is 8.32 Å². The Kier molecular flexibility index (Phi) is 33.5. The van der Waals surface area contributed by atoms with Gasteiger partial charge in [-0.3, -0.25) is 0 Å². The molecular formula is C95H144N2O15Si4. The number of hydrogen-bond acceptors (Lipinski definition) is 17. The topological polar surface area (TPSA) is 172 Å². The van der Waals surface area contributed by atoms with Crippen LogP contribution in [0.15, 0.2) is 148 Å². The van der Waals surface area contributed by atoms with Crippen LogP contribution < -0.4 is 19.8 Å². The lowest BCUT2D eigenvalue weighted by molar-refractivity contribution is -0.297. The molecule has 0 radical (unpaired) electrons. The van der Waals surface area contributed by atoms with E-state index in [9.17, 15) is 0 Å². The van der Waals surface area contributed by atoms with Crippen LogP contribution in [0, 0.1) is 23.3 Å². The van der Waals surface area contributed by atoms with Crippen LogP contribution in [0.4, 0.5) is 0 Å². The number of nitrogens with zero attached hydrogens (tertiary/aromatic N) is 2. The highest BCUT2D eigenvalue weighted by Crippen LogP contribution is 2.48. The Hall–Kier alpha value is -5.63. The molecule has 6 heterocycles. The lowest BCUT2D eigenvalue weighted by Crippen LogP contribution is -2.66. The first-order chi connectivity index (χ1) is 54.8. The quantitative estimate of drug-likeness (QED) is 0.0160. The molecule has 17 nitrogen and oxygen atoms in total. The van der Waals surface area contributed by atoms with Crippen molar-refractivity contribution in [3.8, 4) is 23.0 Å². The van der Waals surface area contributed by atoms with Crippen LogP contribution in [-0.2, 0) is 64.2 Å². The van der Waals surface area contributed by atoms with Crippen LogP contribution in [0.25, 0.3) is 12.2 Å². The predicted octanol–water partition coefficient (Wildman–Crippen LogP) is 21.3. The molecule has 640 valence electrons. The molecule has 2 aromatic heterocycles. The standard InChI is InChI=1S/C95H144N2O15Si4/c1-64(2)115(65(3)4,66(5)6)112-88(52-67(7)43-45-74(98-18)36-35-49-113(23,24)25)87-58-80(100-20)59-95(102-22,110-87)60-90-96-73(62-103-90)53-69(9)91-71(11)92(105-61-72-44-46-75(99-19)56-85(72)101-21)70(10)84(109-91)41-34-42-89-97-83(63-104-89)86-57-79(111-114(26,27)93(12,13)14)55-78(108-86)54-77-51-68(8)50-76(107-77)47-48-106-116(94(15,16)17,81-37-30-28-31-38-81)82-39-32-29-33-40-82/h28-34,37-40,42-46,52-53,56,62-66,70-71,74,76-80,84,86-88,91-92H,8,36,41,47-48,50-51,54-55,57-61H2,1-7,9-27H3/b42-34+,45-43+,67-52+,69-53+/t70-,71-,74+,76-,77+,78+,79+,80+,84+,86+,87+,88+,91-,92-,95-/m0/s1. The smallest absolute Gasteiger partial charge is 0.261 e. The Balaban J connectivity index is 0.930. The van der Waals surface area contributed by atoms with Crippen molar-refractivity contribution in [3.63, 3.8) is 0 Å². The number of hydrogen-bond donors (Lipinski definition) is 0. The highest BCUT2D eigenvalue weighted by atomic mass is 28.4. The molecular weight excluding hydrogens is 1520 g/mol. The van der Waals surface area contributed by atoms with Crippen molar-refractivity contribution in [2.45, 2.75) is 326 Å². The minimum atomic E-state index is -2.73. The molecule has 0 amide bonds. The maximum absolute atomic E-state index is 7.72.